The van der Waals surface area contributed by atoms with Crippen LogP contribution >= 0.6 is 11.6 Å². The Morgan fingerprint density at radius 3 is 2.89 bits per heavy atom. The van der Waals surface area contributed by atoms with Gasteiger partial charge in [-0.25, -0.2) is 9.37 Å². The van der Waals surface area contributed by atoms with Crippen molar-refractivity contribution in [2.75, 3.05) is 5.32 Å². The minimum atomic E-state index is -0.689. The van der Waals surface area contributed by atoms with Crippen molar-refractivity contribution >= 4 is 23.1 Å². The number of hydrogen-bond donors (Lipinski definition) is 2. The normalized spacial score (nSPS) is 10.0. The Morgan fingerprint density at radius 1 is 1.53 bits per heavy atom. The van der Waals surface area contributed by atoms with Crippen LogP contribution in [0.1, 0.15) is 11.1 Å². The lowest BCUT2D eigenvalue weighted by Crippen LogP contribution is -2.13. The van der Waals surface area contributed by atoms with Crippen LogP contribution in [-0.2, 0) is 0 Å². The molecule has 96 valence electrons. The molecule has 0 radical (unpaired) electrons. The minimum Gasteiger partial charge on any atom is -0.336 e. The van der Waals surface area contributed by atoms with Gasteiger partial charge in [0.05, 0.1) is 34.2 Å². The van der Waals surface area contributed by atoms with Crippen LogP contribution in [0, 0.1) is 24.1 Å². The van der Waals surface area contributed by atoms with E-state index in [1.165, 1.54) is 12.4 Å². The van der Waals surface area contributed by atoms with Crippen molar-refractivity contribution in [3.05, 3.63) is 50.8 Å². The summed E-state index contributed by atoms with van der Waals surface area (Å²) in [4.78, 5) is 17.7. The third kappa shape index (κ3) is 2.56. The van der Waals surface area contributed by atoms with Gasteiger partial charge in [0.2, 0.25) is 0 Å². The molecule has 0 bridgehead atoms. The van der Waals surface area contributed by atoms with Crippen molar-refractivity contribution in [2.24, 2.45) is 0 Å². The van der Waals surface area contributed by atoms with E-state index in [-0.39, 0.29) is 27.7 Å². The van der Waals surface area contributed by atoms with E-state index in [0.717, 1.165) is 6.07 Å². The number of halogens is 2. The van der Waals surface area contributed by atoms with E-state index in [2.05, 4.69) is 15.3 Å². The van der Waals surface area contributed by atoms with Gasteiger partial charge in [-0.1, -0.05) is 11.6 Å². The van der Waals surface area contributed by atoms with Gasteiger partial charge >= 0.3 is 0 Å². The molecule has 0 aliphatic heterocycles. The molecule has 7 heteroatoms. The predicted molar refractivity (Wildman–Crippen MR) is 69.0 cm³/mol. The van der Waals surface area contributed by atoms with Gasteiger partial charge in [-0.3, -0.25) is 4.79 Å². The largest absolute Gasteiger partial charge is 0.336 e. The molecule has 1 aromatic carbocycles. The van der Waals surface area contributed by atoms with Crippen LogP contribution in [0.15, 0.2) is 23.3 Å². The van der Waals surface area contributed by atoms with E-state index in [4.69, 9.17) is 16.9 Å². The minimum absolute atomic E-state index is 0.0260. The second-order valence-corrected chi connectivity index (χ2v) is 4.16. The van der Waals surface area contributed by atoms with Crippen LogP contribution in [0.25, 0.3) is 0 Å². The van der Waals surface area contributed by atoms with Crippen LogP contribution in [-0.4, -0.2) is 9.97 Å². The molecule has 2 N–H and O–H groups in total. The first kappa shape index (κ1) is 13.1. The lowest BCUT2D eigenvalue weighted by atomic mass is 10.2. The quantitative estimate of drug-likeness (QED) is 0.884. The van der Waals surface area contributed by atoms with E-state index < -0.39 is 5.82 Å². The van der Waals surface area contributed by atoms with Crippen LogP contribution < -0.4 is 10.9 Å². The number of nitrogens with zero attached hydrogens (tertiary/aromatic N) is 2. The van der Waals surface area contributed by atoms with E-state index in [9.17, 15) is 9.18 Å². The van der Waals surface area contributed by atoms with E-state index in [0.29, 0.717) is 5.56 Å². The van der Waals surface area contributed by atoms with E-state index in [1.807, 2.05) is 0 Å². The van der Waals surface area contributed by atoms with Crippen molar-refractivity contribution in [3.63, 3.8) is 0 Å². The van der Waals surface area contributed by atoms with Gasteiger partial charge in [-0.15, -0.1) is 0 Å². The Morgan fingerprint density at radius 2 is 2.26 bits per heavy atom. The monoisotopic (exact) mass is 278 g/mol. The van der Waals surface area contributed by atoms with Crippen molar-refractivity contribution < 1.29 is 4.39 Å². The van der Waals surface area contributed by atoms with E-state index in [1.54, 1.807) is 13.0 Å². The average molecular weight is 279 g/mol. The highest BCUT2D eigenvalue weighted by molar-refractivity contribution is 6.33. The second kappa shape index (κ2) is 5.08. The zero-order valence-electron chi connectivity index (χ0n) is 9.79. The molecule has 0 unspecified atom stereocenters. The Balaban J connectivity index is 2.48. The summed E-state index contributed by atoms with van der Waals surface area (Å²) in [6, 6.07) is 4.18. The fourth-order valence-corrected chi connectivity index (χ4v) is 1.72. The van der Waals surface area contributed by atoms with Crippen LogP contribution in [0.4, 0.5) is 15.9 Å². The molecule has 0 aliphatic rings. The van der Waals surface area contributed by atoms with Crippen molar-refractivity contribution in [2.45, 2.75) is 6.92 Å². The summed E-state index contributed by atoms with van der Waals surface area (Å²) in [5.74, 6) is -0.486. The molecule has 1 heterocycles. The first-order valence-electron chi connectivity index (χ1n) is 5.23. The molecular formula is C12H8ClFN4O. The number of nitrogens with one attached hydrogen (secondary N) is 2. The number of aromatic nitrogens is 2. The highest BCUT2D eigenvalue weighted by Crippen LogP contribution is 2.29. The average Bonchev–Trinajstić information content (AvgIpc) is 2.38. The first-order valence-corrected chi connectivity index (χ1v) is 5.61. The van der Waals surface area contributed by atoms with Crippen molar-refractivity contribution in [3.8, 4) is 6.07 Å². The highest BCUT2D eigenvalue weighted by atomic mass is 35.5. The summed E-state index contributed by atoms with van der Waals surface area (Å²) < 4.78 is 13.8. The molecule has 1 aromatic heterocycles. The van der Waals surface area contributed by atoms with Gasteiger partial charge in [0.15, 0.2) is 0 Å². The van der Waals surface area contributed by atoms with Crippen LogP contribution in [0.5, 0.6) is 0 Å². The fourth-order valence-electron chi connectivity index (χ4n) is 1.47. The highest BCUT2D eigenvalue weighted by Gasteiger charge is 2.12. The standard InChI is InChI=1S/C12H8ClFN4O/c1-6-11(16-5-17-12(6)19)18-10-8(13)2-7(4-15)3-9(10)14/h2-3,5H,1H3,(H2,16,17,18,19). The number of aromatic amines is 1. The first-order chi connectivity index (χ1) is 9.02. The van der Waals surface area contributed by atoms with Crippen LogP contribution in [0.2, 0.25) is 5.02 Å². The summed E-state index contributed by atoms with van der Waals surface area (Å²) in [6.45, 7) is 1.55. The zero-order chi connectivity index (χ0) is 14.0. The van der Waals surface area contributed by atoms with E-state index >= 15 is 0 Å². The number of anilines is 2. The maximum atomic E-state index is 13.8. The fraction of sp³-hybridized carbons (Fsp3) is 0.0833. The molecule has 0 aliphatic carbocycles. The molecule has 0 saturated heterocycles. The van der Waals surface area contributed by atoms with Crippen molar-refractivity contribution in [1.29, 1.82) is 5.26 Å². The van der Waals surface area contributed by atoms with Gasteiger partial charge < -0.3 is 10.3 Å². The molecule has 5 nitrogen and oxygen atoms in total. The van der Waals surface area contributed by atoms with Crippen molar-refractivity contribution in [1.82, 2.24) is 9.97 Å². The summed E-state index contributed by atoms with van der Waals surface area (Å²) in [5, 5.41) is 11.4. The predicted octanol–water partition coefficient (Wildman–Crippen LogP) is 2.49. The Bertz CT molecular complexity index is 712. The molecule has 19 heavy (non-hydrogen) atoms. The molecular weight excluding hydrogens is 271 g/mol. The lowest BCUT2D eigenvalue weighted by molar-refractivity contribution is 0.631. The van der Waals surface area contributed by atoms with Gasteiger partial charge in [0, 0.05) is 0 Å². The molecule has 0 saturated carbocycles. The summed E-state index contributed by atoms with van der Waals surface area (Å²) >= 11 is 5.89. The number of rotatable bonds is 2. The summed E-state index contributed by atoms with van der Waals surface area (Å²) in [5.41, 5.74) is 0.0653. The number of hydrogen-bond acceptors (Lipinski definition) is 4. The zero-order valence-corrected chi connectivity index (χ0v) is 10.5. The van der Waals surface area contributed by atoms with Crippen LogP contribution in [0.3, 0.4) is 0 Å². The maximum Gasteiger partial charge on any atom is 0.255 e. The smallest absolute Gasteiger partial charge is 0.255 e. The van der Waals surface area contributed by atoms with Gasteiger partial charge in [0.25, 0.3) is 5.56 Å². The maximum absolute atomic E-state index is 13.8. The second-order valence-electron chi connectivity index (χ2n) is 3.76. The third-order valence-electron chi connectivity index (χ3n) is 2.50. The molecule has 0 spiro atoms. The lowest BCUT2D eigenvalue weighted by Gasteiger charge is -2.10. The third-order valence-corrected chi connectivity index (χ3v) is 2.80. The number of benzene rings is 1. The molecule has 2 aromatic rings. The summed E-state index contributed by atoms with van der Waals surface area (Å²) in [6.07, 6.45) is 1.20. The number of nitriles is 1. The SMILES string of the molecule is Cc1c(Nc2c(F)cc(C#N)cc2Cl)nc[nH]c1=O. The van der Waals surface area contributed by atoms with Gasteiger partial charge in [-0.2, -0.15) is 5.26 Å². The van der Waals surface area contributed by atoms with Gasteiger partial charge in [0.1, 0.15) is 11.6 Å². The molecule has 0 fully saturated rings. The topological polar surface area (TPSA) is 81.6 Å². The Kier molecular flexibility index (Phi) is 3.49. The number of H-pyrrole nitrogens is 1. The molecule has 0 amide bonds. The Hall–Kier alpha value is -2.39. The molecule has 0 atom stereocenters. The van der Waals surface area contributed by atoms with Gasteiger partial charge in [-0.05, 0) is 19.1 Å². The Labute approximate surface area is 112 Å². The molecule has 2 rings (SSSR count). The summed E-state index contributed by atoms with van der Waals surface area (Å²) in [7, 11) is 0.